The van der Waals surface area contributed by atoms with Gasteiger partial charge in [0.05, 0.1) is 5.56 Å². The maximum atomic E-state index is 13.2. The lowest BCUT2D eigenvalue weighted by Crippen LogP contribution is -1.99. The number of benzene rings is 2. The third-order valence-corrected chi connectivity index (χ3v) is 3.32. The number of nitriles is 1. The van der Waals surface area contributed by atoms with Crippen molar-refractivity contribution in [2.24, 2.45) is 0 Å². The van der Waals surface area contributed by atoms with Crippen LogP contribution in [0.15, 0.2) is 36.4 Å². The molecule has 0 fully saturated rings. The lowest BCUT2D eigenvalue weighted by Gasteiger charge is -2.10. The highest BCUT2D eigenvalue weighted by molar-refractivity contribution is 9.08. The number of nitrogens with zero attached hydrogens (tertiary/aromatic N) is 1. The molecule has 0 saturated heterocycles. The zero-order valence-corrected chi connectivity index (χ0v) is 12.0. The van der Waals surface area contributed by atoms with Crippen molar-refractivity contribution < 1.29 is 13.5 Å². The van der Waals surface area contributed by atoms with E-state index in [1.807, 2.05) is 0 Å². The van der Waals surface area contributed by atoms with Crippen LogP contribution in [0.2, 0.25) is 0 Å². The minimum Gasteiger partial charge on any atom is -0.489 e. The first kappa shape index (κ1) is 14.5. The van der Waals surface area contributed by atoms with E-state index in [-0.39, 0.29) is 18.0 Å². The molecule has 102 valence electrons. The van der Waals surface area contributed by atoms with E-state index in [0.717, 1.165) is 0 Å². The van der Waals surface area contributed by atoms with Crippen LogP contribution in [0, 0.1) is 23.0 Å². The third kappa shape index (κ3) is 3.34. The molecule has 0 unspecified atom stereocenters. The van der Waals surface area contributed by atoms with Crippen molar-refractivity contribution in [3.63, 3.8) is 0 Å². The van der Waals surface area contributed by atoms with Gasteiger partial charge in [-0.1, -0.05) is 22.0 Å². The molecule has 2 aromatic rings. The summed E-state index contributed by atoms with van der Waals surface area (Å²) in [6.45, 7) is 0.181. The van der Waals surface area contributed by atoms with Gasteiger partial charge in [0.1, 0.15) is 30.1 Å². The van der Waals surface area contributed by atoms with E-state index >= 15 is 0 Å². The summed E-state index contributed by atoms with van der Waals surface area (Å²) >= 11 is 3.26. The standard InChI is InChI=1S/C15H10BrF2NO/c16-7-11-6-13(17)2-4-15(11)20-9-10-1-3-14(18)12(5-10)8-19/h1-6H,7,9H2. The zero-order valence-electron chi connectivity index (χ0n) is 10.4. The van der Waals surface area contributed by atoms with Gasteiger partial charge in [-0.05, 0) is 35.9 Å². The van der Waals surface area contributed by atoms with E-state index in [2.05, 4.69) is 15.9 Å². The van der Waals surface area contributed by atoms with Gasteiger partial charge in [0.2, 0.25) is 0 Å². The molecule has 0 heterocycles. The lowest BCUT2D eigenvalue weighted by molar-refractivity contribution is 0.303. The summed E-state index contributed by atoms with van der Waals surface area (Å²) in [5.74, 6) is -0.342. The Morgan fingerprint density at radius 3 is 2.65 bits per heavy atom. The van der Waals surface area contributed by atoms with E-state index in [0.29, 0.717) is 22.2 Å². The van der Waals surface area contributed by atoms with Crippen LogP contribution in [-0.2, 0) is 11.9 Å². The predicted molar refractivity (Wildman–Crippen MR) is 74.5 cm³/mol. The van der Waals surface area contributed by atoms with Crippen molar-refractivity contribution in [1.82, 2.24) is 0 Å². The largest absolute Gasteiger partial charge is 0.489 e. The minimum atomic E-state index is -0.556. The highest BCUT2D eigenvalue weighted by Crippen LogP contribution is 2.23. The van der Waals surface area contributed by atoms with Crippen LogP contribution in [0.25, 0.3) is 0 Å². The topological polar surface area (TPSA) is 33.0 Å². The van der Waals surface area contributed by atoms with E-state index in [1.165, 1.54) is 24.3 Å². The average molecular weight is 338 g/mol. The Balaban J connectivity index is 2.15. The molecule has 2 nitrogen and oxygen atoms in total. The molecule has 2 rings (SSSR count). The summed E-state index contributed by atoms with van der Waals surface area (Å²) in [7, 11) is 0. The molecule has 0 amide bonds. The number of ether oxygens (including phenoxy) is 1. The number of alkyl halides is 1. The number of halogens is 3. The van der Waals surface area contributed by atoms with Gasteiger partial charge in [-0.15, -0.1) is 0 Å². The van der Waals surface area contributed by atoms with Crippen LogP contribution in [0.3, 0.4) is 0 Å². The monoisotopic (exact) mass is 337 g/mol. The fourth-order valence-electron chi connectivity index (χ4n) is 1.70. The SMILES string of the molecule is N#Cc1cc(COc2ccc(F)cc2CBr)ccc1F. The molecule has 0 N–H and O–H groups in total. The summed E-state index contributed by atoms with van der Waals surface area (Å²) in [5.41, 5.74) is 1.34. The molecule has 0 aliphatic heterocycles. The summed E-state index contributed by atoms with van der Waals surface area (Å²) in [5, 5.41) is 9.23. The number of hydrogen-bond acceptors (Lipinski definition) is 2. The second-order valence-electron chi connectivity index (χ2n) is 4.10. The van der Waals surface area contributed by atoms with Crippen LogP contribution in [0.4, 0.5) is 8.78 Å². The van der Waals surface area contributed by atoms with Gasteiger partial charge in [0.25, 0.3) is 0 Å². The molecule has 0 aliphatic carbocycles. The Morgan fingerprint density at radius 1 is 1.15 bits per heavy atom. The van der Waals surface area contributed by atoms with Gasteiger partial charge in [0.15, 0.2) is 0 Å². The van der Waals surface area contributed by atoms with Gasteiger partial charge < -0.3 is 4.74 Å². The lowest BCUT2D eigenvalue weighted by atomic mass is 10.1. The van der Waals surface area contributed by atoms with Crippen molar-refractivity contribution in [1.29, 1.82) is 5.26 Å². The molecule has 5 heteroatoms. The van der Waals surface area contributed by atoms with Crippen LogP contribution in [0.5, 0.6) is 5.75 Å². The summed E-state index contributed by atoms with van der Waals surface area (Å²) in [6, 6.07) is 10.2. The Morgan fingerprint density at radius 2 is 1.95 bits per heavy atom. The highest BCUT2D eigenvalue weighted by atomic mass is 79.9. The zero-order chi connectivity index (χ0) is 14.5. The molecular weight excluding hydrogens is 328 g/mol. The molecule has 0 aromatic heterocycles. The van der Waals surface area contributed by atoms with E-state index in [4.69, 9.17) is 10.00 Å². The van der Waals surface area contributed by atoms with Crippen molar-refractivity contribution in [3.8, 4) is 11.8 Å². The van der Waals surface area contributed by atoms with E-state index in [9.17, 15) is 8.78 Å². The molecule has 0 radical (unpaired) electrons. The van der Waals surface area contributed by atoms with Gasteiger partial charge in [-0.3, -0.25) is 0 Å². The number of rotatable bonds is 4. The van der Waals surface area contributed by atoms with E-state index in [1.54, 1.807) is 18.2 Å². The normalized spacial score (nSPS) is 10.1. The molecule has 20 heavy (non-hydrogen) atoms. The van der Waals surface area contributed by atoms with E-state index < -0.39 is 5.82 Å². The Labute approximate surface area is 123 Å². The van der Waals surface area contributed by atoms with Gasteiger partial charge in [-0.25, -0.2) is 8.78 Å². The molecule has 2 aromatic carbocycles. The van der Waals surface area contributed by atoms with Crippen LogP contribution < -0.4 is 4.74 Å². The summed E-state index contributed by atoms with van der Waals surface area (Å²) in [4.78, 5) is 0. The van der Waals surface area contributed by atoms with Crippen LogP contribution in [0.1, 0.15) is 16.7 Å². The molecule has 0 saturated carbocycles. The smallest absolute Gasteiger partial charge is 0.140 e. The first-order valence-electron chi connectivity index (χ1n) is 5.79. The number of hydrogen-bond donors (Lipinski definition) is 0. The molecule has 0 aliphatic rings. The molecule has 0 spiro atoms. The van der Waals surface area contributed by atoms with Gasteiger partial charge in [0, 0.05) is 10.9 Å². The highest BCUT2D eigenvalue weighted by Gasteiger charge is 2.07. The first-order valence-corrected chi connectivity index (χ1v) is 6.92. The molecule has 0 bridgehead atoms. The fourth-order valence-corrected chi connectivity index (χ4v) is 2.14. The van der Waals surface area contributed by atoms with Gasteiger partial charge >= 0.3 is 0 Å². The second kappa shape index (κ2) is 6.49. The van der Waals surface area contributed by atoms with Crippen molar-refractivity contribution in [2.45, 2.75) is 11.9 Å². The van der Waals surface area contributed by atoms with Gasteiger partial charge in [-0.2, -0.15) is 5.26 Å². The Hall–Kier alpha value is -1.93. The Bertz CT molecular complexity index is 667. The average Bonchev–Trinajstić information content (AvgIpc) is 2.47. The van der Waals surface area contributed by atoms with Crippen molar-refractivity contribution in [2.75, 3.05) is 0 Å². The second-order valence-corrected chi connectivity index (χ2v) is 4.66. The van der Waals surface area contributed by atoms with Crippen LogP contribution in [-0.4, -0.2) is 0 Å². The fraction of sp³-hybridized carbons (Fsp3) is 0.133. The third-order valence-electron chi connectivity index (χ3n) is 2.71. The molecular formula is C15H10BrF2NO. The summed E-state index contributed by atoms with van der Waals surface area (Å²) in [6.07, 6.45) is 0. The minimum absolute atomic E-state index is 0.0223. The first-order chi connectivity index (χ1) is 9.63. The summed E-state index contributed by atoms with van der Waals surface area (Å²) < 4.78 is 31.9. The predicted octanol–water partition coefficient (Wildman–Crippen LogP) is 4.31. The molecule has 0 atom stereocenters. The quantitative estimate of drug-likeness (QED) is 0.779. The maximum absolute atomic E-state index is 13.2. The van der Waals surface area contributed by atoms with Crippen molar-refractivity contribution in [3.05, 3.63) is 64.7 Å². The Kier molecular flexibility index (Phi) is 4.70. The van der Waals surface area contributed by atoms with Crippen molar-refractivity contribution >= 4 is 15.9 Å². The maximum Gasteiger partial charge on any atom is 0.140 e. The van der Waals surface area contributed by atoms with Crippen LogP contribution >= 0.6 is 15.9 Å².